The van der Waals surface area contributed by atoms with Crippen LogP contribution in [0, 0.1) is 0 Å². The van der Waals surface area contributed by atoms with E-state index < -0.39 is 0 Å². The highest BCUT2D eigenvalue weighted by Gasteiger charge is 2.10. The highest BCUT2D eigenvalue weighted by atomic mass is 35.5. The predicted octanol–water partition coefficient (Wildman–Crippen LogP) is 3.56. The number of methoxy groups -OCH3 is 1. The first-order valence-corrected chi connectivity index (χ1v) is 8.08. The van der Waals surface area contributed by atoms with Gasteiger partial charge in [0.25, 0.3) is 0 Å². The van der Waals surface area contributed by atoms with Gasteiger partial charge in [0.1, 0.15) is 5.75 Å². The standard InChI is InChI=1S/C16H15Cl2N3O2S/c1-23-14-7-4-12(18)8-10(14)9-15(22)20-21-16(24)19-13-5-2-11(17)3-6-13/h2-8H,9H2,1H3,(H,20,22)(H2,19,21,24). The van der Waals surface area contributed by atoms with Gasteiger partial charge in [-0.3, -0.25) is 15.6 Å². The first-order valence-electron chi connectivity index (χ1n) is 6.92. The topological polar surface area (TPSA) is 62.4 Å². The number of hydrazine groups is 1. The maximum atomic E-state index is 12.0. The second kappa shape index (κ2) is 8.73. The summed E-state index contributed by atoms with van der Waals surface area (Å²) < 4.78 is 5.21. The minimum atomic E-state index is -0.282. The number of carbonyl (C=O) groups excluding carboxylic acids is 1. The van der Waals surface area contributed by atoms with Gasteiger partial charge in [0.2, 0.25) is 5.91 Å². The van der Waals surface area contributed by atoms with Crippen LogP contribution in [0.4, 0.5) is 5.69 Å². The van der Waals surface area contributed by atoms with E-state index >= 15 is 0 Å². The van der Waals surface area contributed by atoms with Gasteiger partial charge in [-0.25, -0.2) is 0 Å². The molecule has 2 aromatic rings. The fraction of sp³-hybridized carbons (Fsp3) is 0.125. The van der Waals surface area contributed by atoms with Crippen LogP contribution >= 0.6 is 35.4 Å². The molecule has 2 aromatic carbocycles. The third kappa shape index (κ3) is 5.56. The zero-order chi connectivity index (χ0) is 17.5. The van der Waals surface area contributed by atoms with E-state index in [2.05, 4.69) is 16.2 Å². The first kappa shape index (κ1) is 18.3. The molecule has 24 heavy (non-hydrogen) atoms. The van der Waals surface area contributed by atoms with Crippen LogP contribution < -0.4 is 20.9 Å². The van der Waals surface area contributed by atoms with Gasteiger partial charge >= 0.3 is 0 Å². The molecule has 0 aliphatic rings. The molecular formula is C16H15Cl2N3O2S. The summed E-state index contributed by atoms with van der Waals surface area (Å²) in [5.74, 6) is 0.312. The van der Waals surface area contributed by atoms with E-state index in [1.807, 2.05) is 0 Å². The first-order chi connectivity index (χ1) is 11.5. The van der Waals surface area contributed by atoms with Crippen LogP contribution in [0.25, 0.3) is 0 Å². The molecule has 0 saturated heterocycles. The van der Waals surface area contributed by atoms with Gasteiger partial charge in [-0.2, -0.15) is 0 Å². The Bertz CT molecular complexity index is 739. The maximum Gasteiger partial charge on any atom is 0.242 e. The van der Waals surface area contributed by atoms with Gasteiger partial charge < -0.3 is 10.1 Å². The number of hydrogen-bond donors (Lipinski definition) is 3. The Balaban J connectivity index is 1.85. The second-order valence-electron chi connectivity index (χ2n) is 4.77. The number of rotatable bonds is 4. The molecular weight excluding hydrogens is 369 g/mol. The molecule has 0 saturated carbocycles. The minimum Gasteiger partial charge on any atom is -0.496 e. The number of ether oxygens (including phenoxy) is 1. The van der Waals surface area contributed by atoms with Crippen molar-refractivity contribution < 1.29 is 9.53 Å². The summed E-state index contributed by atoms with van der Waals surface area (Å²) in [6.45, 7) is 0. The molecule has 0 bridgehead atoms. The second-order valence-corrected chi connectivity index (χ2v) is 6.05. The zero-order valence-corrected chi connectivity index (χ0v) is 15.1. The molecule has 0 atom stereocenters. The van der Waals surface area contributed by atoms with Gasteiger partial charge in [0.05, 0.1) is 13.5 Å². The van der Waals surface area contributed by atoms with Crippen LogP contribution in [0.5, 0.6) is 5.75 Å². The highest BCUT2D eigenvalue weighted by molar-refractivity contribution is 7.80. The average molecular weight is 384 g/mol. The minimum absolute atomic E-state index is 0.0975. The average Bonchev–Trinajstić information content (AvgIpc) is 2.55. The van der Waals surface area contributed by atoms with Crippen molar-refractivity contribution in [2.24, 2.45) is 0 Å². The molecule has 0 aliphatic heterocycles. The zero-order valence-electron chi connectivity index (χ0n) is 12.7. The lowest BCUT2D eigenvalue weighted by atomic mass is 10.1. The number of thiocarbonyl (C=S) groups is 1. The molecule has 0 unspecified atom stereocenters. The molecule has 3 N–H and O–H groups in total. The van der Waals surface area contributed by atoms with Crippen molar-refractivity contribution in [2.75, 3.05) is 12.4 Å². The number of benzene rings is 2. The van der Waals surface area contributed by atoms with E-state index in [0.29, 0.717) is 21.4 Å². The fourth-order valence-electron chi connectivity index (χ4n) is 1.92. The molecule has 0 heterocycles. The summed E-state index contributed by atoms with van der Waals surface area (Å²) in [6.07, 6.45) is 0.0975. The lowest BCUT2D eigenvalue weighted by Crippen LogP contribution is -2.44. The Morgan fingerprint density at radius 2 is 1.75 bits per heavy atom. The SMILES string of the molecule is COc1ccc(Cl)cc1CC(=O)NNC(=S)Nc1ccc(Cl)cc1. The van der Waals surface area contributed by atoms with E-state index in [1.165, 1.54) is 7.11 Å². The van der Waals surface area contributed by atoms with Gasteiger partial charge in [0.15, 0.2) is 5.11 Å². The predicted molar refractivity (Wildman–Crippen MR) is 101 cm³/mol. The van der Waals surface area contributed by atoms with Crippen molar-refractivity contribution in [3.63, 3.8) is 0 Å². The molecule has 5 nitrogen and oxygen atoms in total. The van der Waals surface area contributed by atoms with Crippen molar-refractivity contribution in [3.05, 3.63) is 58.1 Å². The normalized spacial score (nSPS) is 9.96. The molecule has 0 radical (unpaired) electrons. The van der Waals surface area contributed by atoms with Crippen molar-refractivity contribution in [1.82, 2.24) is 10.9 Å². The molecule has 0 aliphatic carbocycles. The molecule has 8 heteroatoms. The van der Waals surface area contributed by atoms with E-state index in [4.69, 9.17) is 40.2 Å². The highest BCUT2D eigenvalue weighted by Crippen LogP contribution is 2.22. The molecule has 0 spiro atoms. The van der Waals surface area contributed by atoms with Crippen molar-refractivity contribution >= 4 is 52.1 Å². The third-order valence-corrected chi connectivity index (χ3v) is 3.70. The van der Waals surface area contributed by atoms with Gasteiger partial charge in [-0.1, -0.05) is 23.2 Å². The van der Waals surface area contributed by atoms with Crippen LogP contribution in [0.1, 0.15) is 5.56 Å². The van der Waals surface area contributed by atoms with Crippen LogP contribution in [-0.4, -0.2) is 18.1 Å². The van der Waals surface area contributed by atoms with Crippen LogP contribution in [-0.2, 0) is 11.2 Å². The Kier molecular flexibility index (Phi) is 6.66. The fourth-order valence-corrected chi connectivity index (χ4v) is 2.41. The molecule has 126 valence electrons. The smallest absolute Gasteiger partial charge is 0.242 e. The number of hydrogen-bond acceptors (Lipinski definition) is 3. The Hall–Kier alpha value is -2.02. The van der Waals surface area contributed by atoms with Crippen molar-refractivity contribution in [3.8, 4) is 5.75 Å². The maximum absolute atomic E-state index is 12.0. The third-order valence-electron chi connectivity index (χ3n) is 3.01. The van der Waals surface area contributed by atoms with E-state index in [9.17, 15) is 4.79 Å². The van der Waals surface area contributed by atoms with Crippen molar-refractivity contribution in [1.29, 1.82) is 0 Å². The largest absolute Gasteiger partial charge is 0.496 e. The summed E-state index contributed by atoms with van der Waals surface area (Å²) in [5, 5.41) is 4.34. The summed E-state index contributed by atoms with van der Waals surface area (Å²) in [4.78, 5) is 12.0. The van der Waals surface area contributed by atoms with Gasteiger partial charge in [0, 0.05) is 21.3 Å². The van der Waals surface area contributed by atoms with Crippen LogP contribution in [0.3, 0.4) is 0 Å². The molecule has 0 aromatic heterocycles. The van der Waals surface area contributed by atoms with Crippen molar-refractivity contribution in [2.45, 2.75) is 6.42 Å². The lowest BCUT2D eigenvalue weighted by molar-refractivity contribution is -0.121. The Labute approximate surface area is 155 Å². The van der Waals surface area contributed by atoms with E-state index in [-0.39, 0.29) is 17.4 Å². The number of anilines is 1. The van der Waals surface area contributed by atoms with Gasteiger partial charge in [-0.15, -0.1) is 0 Å². The summed E-state index contributed by atoms with van der Waals surface area (Å²) >= 11 is 16.9. The van der Waals surface area contributed by atoms with Crippen LogP contribution in [0.15, 0.2) is 42.5 Å². The quantitative estimate of drug-likeness (QED) is 0.556. The summed E-state index contributed by atoms with van der Waals surface area (Å²) in [7, 11) is 1.54. The van der Waals surface area contributed by atoms with E-state index in [1.54, 1.807) is 42.5 Å². The van der Waals surface area contributed by atoms with Crippen LogP contribution in [0.2, 0.25) is 10.0 Å². The molecule has 2 rings (SSSR count). The Morgan fingerprint density at radius 1 is 1.08 bits per heavy atom. The number of halogens is 2. The number of amides is 1. The monoisotopic (exact) mass is 383 g/mol. The summed E-state index contributed by atoms with van der Waals surface area (Å²) in [6, 6.07) is 12.1. The van der Waals surface area contributed by atoms with E-state index in [0.717, 1.165) is 5.69 Å². The summed E-state index contributed by atoms with van der Waals surface area (Å²) in [5.41, 5.74) is 6.58. The number of carbonyl (C=O) groups is 1. The van der Waals surface area contributed by atoms with Gasteiger partial charge in [-0.05, 0) is 54.7 Å². The molecule has 0 fully saturated rings. The lowest BCUT2D eigenvalue weighted by Gasteiger charge is -2.13. The Morgan fingerprint density at radius 3 is 2.42 bits per heavy atom. The molecule has 1 amide bonds. The number of nitrogens with one attached hydrogen (secondary N) is 3.